The highest BCUT2D eigenvalue weighted by Gasteiger charge is 2.54. The largest absolute Gasteiger partial charge is 0.431 e. The predicted molar refractivity (Wildman–Crippen MR) is 51.9 cm³/mol. The third-order valence-corrected chi connectivity index (χ3v) is 3.11. The van der Waals surface area contributed by atoms with Gasteiger partial charge in [0.15, 0.2) is 5.71 Å². The molecule has 16 heavy (non-hydrogen) atoms. The topological polar surface area (TPSA) is 41.5 Å². The van der Waals surface area contributed by atoms with E-state index >= 15 is 0 Å². The lowest BCUT2D eigenvalue weighted by atomic mass is 9.69. The summed E-state index contributed by atoms with van der Waals surface area (Å²) in [4.78, 5) is 11.7. The molecule has 0 amide bonds. The van der Waals surface area contributed by atoms with Gasteiger partial charge in [-0.25, -0.2) is 0 Å². The number of hydrogen-bond donors (Lipinski definition) is 1. The number of hydrazone groups is 1. The van der Waals surface area contributed by atoms with Gasteiger partial charge in [0.1, 0.15) is 5.78 Å². The number of nitrogens with one attached hydrogen (secondary N) is 1. The fraction of sp³-hybridized carbons (Fsp3) is 0.800. The molecule has 1 aliphatic heterocycles. The molecule has 1 fully saturated rings. The molecule has 6 heteroatoms. The zero-order chi connectivity index (χ0) is 12.1. The van der Waals surface area contributed by atoms with E-state index in [0.29, 0.717) is 6.42 Å². The first kappa shape index (κ1) is 11.4. The van der Waals surface area contributed by atoms with Crippen LogP contribution < -0.4 is 5.43 Å². The fourth-order valence-electron chi connectivity index (χ4n) is 2.52. The summed E-state index contributed by atoms with van der Waals surface area (Å²) in [7, 11) is 0. The third kappa shape index (κ3) is 1.81. The van der Waals surface area contributed by atoms with Crippen molar-refractivity contribution in [3.05, 3.63) is 0 Å². The maximum absolute atomic E-state index is 12.6. The van der Waals surface area contributed by atoms with Crippen molar-refractivity contribution in [2.75, 3.05) is 0 Å². The smallest absolute Gasteiger partial charge is 0.306 e. The second-order valence-corrected chi connectivity index (χ2v) is 5.22. The van der Waals surface area contributed by atoms with E-state index in [9.17, 15) is 18.0 Å². The number of Topliss-reactive ketones (excluding diaryl/α,β-unsaturated/α-hetero) is 1. The van der Waals surface area contributed by atoms with Crippen LogP contribution >= 0.6 is 0 Å². The van der Waals surface area contributed by atoms with Crippen molar-refractivity contribution in [3.63, 3.8) is 0 Å². The molecule has 0 aromatic rings. The molecule has 3 nitrogen and oxygen atoms in total. The van der Waals surface area contributed by atoms with E-state index in [4.69, 9.17) is 0 Å². The first-order valence-electron chi connectivity index (χ1n) is 5.14. The Kier molecular flexibility index (Phi) is 2.29. The third-order valence-electron chi connectivity index (χ3n) is 3.11. The number of halogens is 3. The van der Waals surface area contributed by atoms with Crippen molar-refractivity contribution < 1.29 is 18.0 Å². The minimum atomic E-state index is -4.51. The van der Waals surface area contributed by atoms with Crippen LogP contribution in [0, 0.1) is 11.3 Å². The highest BCUT2D eigenvalue weighted by Crippen LogP contribution is 2.41. The maximum atomic E-state index is 12.6. The van der Waals surface area contributed by atoms with E-state index in [1.807, 2.05) is 13.8 Å². The van der Waals surface area contributed by atoms with Gasteiger partial charge in [0, 0.05) is 6.42 Å². The Labute approximate surface area is 91.1 Å². The van der Waals surface area contributed by atoms with Crippen LogP contribution in [0.1, 0.15) is 26.7 Å². The summed E-state index contributed by atoms with van der Waals surface area (Å²) in [6.07, 6.45) is -3.79. The van der Waals surface area contributed by atoms with Gasteiger partial charge in [-0.2, -0.15) is 18.3 Å². The second-order valence-electron chi connectivity index (χ2n) is 5.22. The summed E-state index contributed by atoms with van der Waals surface area (Å²) in [5.74, 6) is -1.46. The molecule has 0 unspecified atom stereocenters. The molecule has 2 aliphatic rings. The Morgan fingerprint density at radius 1 is 1.44 bits per heavy atom. The summed E-state index contributed by atoms with van der Waals surface area (Å²) in [6, 6.07) is -0.493. The minimum absolute atomic E-state index is 0.185. The first-order valence-corrected chi connectivity index (χ1v) is 5.14. The minimum Gasteiger partial charge on any atom is -0.306 e. The number of carbonyl (C=O) groups is 1. The predicted octanol–water partition coefficient (Wildman–Crippen LogP) is 1.88. The van der Waals surface area contributed by atoms with Gasteiger partial charge in [-0.1, -0.05) is 13.8 Å². The molecule has 2 atom stereocenters. The lowest BCUT2D eigenvalue weighted by Crippen LogP contribution is -2.47. The number of hydrogen-bond acceptors (Lipinski definition) is 3. The van der Waals surface area contributed by atoms with Gasteiger partial charge < -0.3 is 5.43 Å². The number of rotatable bonds is 0. The second kappa shape index (κ2) is 3.21. The number of fused-ring (bicyclic) bond motifs is 1. The Balaban J connectivity index is 2.25. The summed E-state index contributed by atoms with van der Waals surface area (Å²) >= 11 is 0. The molecule has 1 heterocycles. The van der Waals surface area contributed by atoms with Crippen LogP contribution in [0.3, 0.4) is 0 Å². The van der Waals surface area contributed by atoms with Crippen molar-refractivity contribution in [1.29, 1.82) is 0 Å². The number of ketones is 1. The van der Waals surface area contributed by atoms with Crippen molar-refractivity contribution in [2.24, 2.45) is 16.4 Å². The number of carbonyl (C=O) groups excluding carboxylic acids is 1. The normalized spacial score (nSPS) is 33.1. The van der Waals surface area contributed by atoms with Crippen molar-refractivity contribution in [2.45, 2.75) is 38.9 Å². The highest BCUT2D eigenvalue weighted by molar-refractivity contribution is 6.09. The molecule has 0 aromatic heterocycles. The lowest BCUT2D eigenvalue weighted by Gasteiger charge is -2.36. The molecule has 2 rings (SSSR count). The van der Waals surface area contributed by atoms with Crippen LogP contribution in [0.4, 0.5) is 13.2 Å². The van der Waals surface area contributed by atoms with Crippen LogP contribution in [0.25, 0.3) is 0 Å². The van der Waals surface area contributed by atoms with Crippen LogP contribution in [-0.4, -0.2) is 23.7 Å². The van der Waals surface area contributed by atoms with Crippen LogP contribution in [0.2, 0.25) is 0 Å². The summed E-state index contributed by atoms with van der Waals surface area (Å²) in [5, 5.41) is 3.29. The van der Waals surface area contributed by atoms with Crippen molar-refractivity contribution in [1.82, 2.24) is 5.43 Å². The summed E-state index contributed by atoms with van der Waals surface area (Å²) < 4.78 is 37.7. The maximum Gasteiger partial charge on any atom is 0.431 e. The summed E-state index contributed by atoms with van der Waals surface area (Å²) in [5.41, 5.74) is 1.24. The molecule has 0 radical (unpaired) electrons. The average Bonchev–Trinajstić information content (AvgIpc) is 2.43. The molecule has 90 valence electrons. The van der Waals surface area contributed by atoms with E-state index in [1.165, 1.54) is 0 Å². The molecular weight excluding hydrogens is 221 g/mol. The molecule has 1 saturated carbocycles. The zero-order valence-electron chi connectivity index (χ0n) is 9.06. The SMILES string of the molecule is CC1(C)CC(=O)[C@@H]2C(C(F)(F)F)=NN[C@@H]2C1. The quantitative estimate of drug-likeness (QED) is 0.695. The van der Waals surface area contributed by atoms with Gasteiger partial charge in [-0.05, 0) is 11.8 Å². The molecule has 1 N–H and O–H groups in total. The molecule has 0 aromatic carbocycles. The Bertz CT molecular complexity index is 360. The van der Waals surface area contributed by atoms with Crippen molar-refractivity contribution >= 4 is 11.5 Å². The average molecular weight is 234 g/mol. The van der Waals surface area contributed by atoms with Crippen LogP contribution in [0.15, 0.2) is 5.10 Å². The fourth-order valence-corrected chi connectivity index (χ4v) is 2.52. The summed E-state index contributed by atoms with van der Waals surface area (Å²) in [6.45, 7) is 3.77. The van der Waals surface area contributed by atoms with E-state index in [-0.39, 0.29) is 17.6 Å². The van der Waals surface area contributed by atoms with Gasteiger partial charge in [0.2, 0.25) is 0 Å². The van der Waals surface area contributed by atoms with Gasteiger partial charge in [0.05, 0.1) is 12.0 Å². The Morgan fingerprint density at radius 3 is 2.62 bits per heavy atom. The lowest BCUT2D eigenvalue weighted by molar-refractivity contribution is -0.127. The number of alkyl halides is 3. The standard InChI is InChI=1S/C10H13F3N2O/c1-9(2)3-5-7(6(16)4-9)8(15-14-5)10(11,12)13/h5,7,14H,3-4H2,1-2H3/t5-,7-/m1/s1. The van der Waals surface area contributed by atoms with Gasteiger partial charge >= 0.3 is 6.18 Å². The molecule has 1 aliphatic carbocycles. The van der Waals surface area contributed by atoms with Crippen LogP contribution in [-0.2, 0) is 4.79 Å². The van der Waals surface area contributed by atoms with Crippen LogP contribution in [0.5, 0.6) is 0 Å². The van der Waals surface area contributed by atoms with Gasteiger partial charge in [-0.15, -0.1) is 0 Å². The van der Waals surface area contributed by atoms with Gasteiger partial charge in [-0.3, -0.25) is 4.79 Å². The molecule has 0 bridgehead atoms. The van der Waals surface area contributed by atoms with E-state index < -0.39 is 23.8 Å². The first-order chi connectivity index (χ1) is 7.21. The molecule has 0 saturated heterocycles. The zero-order valence-corrected chi connectivity index (χ0v) is 9.06. The van der Waals surface area contributed by atoms with Gasteiger partial charge in [0.25, 0.3) is 0 Å². The Hall–Kier alpha value is -1.07. The molecule has 0 spiro atoms. The van der Waals surface area contributed by atoms with E-state index in [2.05, 4.69) is 10.5 Å². The molecular formula is C10H13F3N2O. The highest BCUT2D eigenvalue weighted by atomic mass is 19.4. The van der Waals surface area contributed by atoms with E-state index in [1.54, 1.807) is 0 Å². The number of nitrogens with zero attached hydrogens (tertiary/aromatic N) is 1. The monoisotopic (exact) mass is 234 g/mol. The van der Waals surface area contributed by atoms with Crippen molar-refractivity contribution in [3.8, 4) is 0 Å². The Morgan fingerprint density at radius 2 is 2.06 bits per heavy atom. The van der Waals surface area contributed by atoms with E-state index in [0.717, 1.165) is 0 Å².